The number of ketones is 1. The first-order valence-electron chi connectivity index (χ1n) is 11.8. The monoisotopic (exact) mass is 453 g/mol. The first kappa shape index (κ1) is 23.3. The van der Waals surface area contributed by atoms with Gasteiger partial charge < -0.3 is 15.2 Å². The van der Waals surface area contributed by atoms with Crippen LogP contribution in [0.3, 0.4) is 0 Å². The summed E-state index contributed by atoms with van der Waals surface area (Å²) < 4.78 is 2.03. The van der Waals surface area contributed by atoms with Crippen LogP contribution in [-0.2, 0) is 11.8 Å². The number of aromatic nitrogens is 1. The molecular formula is C29H31N3O2. The number of carbonyl (C=O) groups excluding carboxylic acids is 2. The molecule has 0 spiro atoms. The maximum Gasteiger partial charge on any atom is 0.247 e. The van der Waals surface area contributed by atoms with E-state index >= 15 is 0 Å². The van der Waals surface area contributed by atoms with Gasteiger partial charge in [-0.15, -0.1) is 0 Å². The van der Waals surface area contributed by atoms with E-state index in [0.717, 1.165) is 29.3 Å². The maximum absolute atomic E-state index is 13.6. The Morgan fingerprint density at radius 1 is 0.912 bits per heavy atom. The van der Waals surface area contributed by atoms with Crippen LogP contribution in [0.25, 0.3) is 10.9 Å². The van der Waals surface area contributed by atoms with Gasteiger partial charge in [-0.2, -0.15) is 0 Å². The molecule has 2 atom stereocenters. The summed E-state index contributed by atoms with van der Waals surface area (Å²) in [7, 11) is 1.98. The van der Waals surface area contributed by atoms with Crippen LogP contribution in [-0.4, -0.2) is 22.3 Å². The lowest BCUT2D eigenvalue weighted by Gasteiger charge is -2.23. The first-order valence-corrected chi connectivity index (χ1v) is 11.8. The van der Waals surface area contributed by atoms with Gasteiger partial charge in [0, 0.05) is 52.6 Å². The Morgan fingerprint density at radius 3 is 2.35 bits per heavy atom. The lowest BCUT2D eigenvalue weighted by atomic mass is 9.99. The standard InChI is InChI=1S/C29H31N3O2/c1-4-12-20(2)30-29(34)27(24-19-32(3)26-18-11-9-15-22(24)26)31-25-17-10-8-16-23(25)28(33)21-13-6-5-7-14-21/h5-11,13-20,27,31H,4,12H2,1-3H3,(H,30,34). The van der Waals surface area contributed by atoms with Crippen LogP contribution in [0.1, 0.15) is 54.2 Å². The quantitative estimate of drug-likeness (QED) is 0.312. The van der Waals surface area contributed by atoms with Gasteiger partial charge in [0.25, 0.3) is 0 Å². The van der Waals surface area contributed by atoms with Crippen LogP contribution >= 0.6 is 0 Å². The molecule has 3 aromatic carbocycles. The summed E-state index contributed by atoms with van der Waals surface area (Å²) in [6.45, 7) is 4.13. The van der Waals surface area contributed by atoms with Crippen molar-refractivity contribution >= 4 is 28.3 Å². The molecule has 5 nitrogen and oxygen atoms in total. The predicted molar refractivity (Wildman–Crippen MR) is 138 cm³/mol. The average Bonchev–Trinajstić information content (AvgIpc) is 3.19. The number of carbonyl (C=O) groups is 2. The van der Waals surface area contributed by atoms with E-state index in [-0.39, 0.29) is 17.7 Å². The van der Waals surface area contributed by atoms with Gasteiger partial charge in [0.05, 0.1) is 0 Å². The number of amides is 1. The van der Waals surface area contributed by atoms with Crippen molar-refractivity contribution < 1.29 is 9.59 Å². The van der Waals surface area contributed by atoms with Crippen LogP contribution in [0.2, 0.25) is 0 Å². The van der Waals surface area contributed by atoms with E-state index in [0.29, 0.717) is 16.8 Å². The summed E-state index contributed by atoms with van der Waals surface area (Å²) in [6.07, 6.45) is 3.88. The number of anilines is 1. The third-order valence-corrected chi connectivity index (χ3v) is 6.12. The summed E-state index contributed by atoms with van der Waals surface area (Å²) in [5, 5.41) is 7.59. The SMILES string of the molecule is CCCC(C)NC(=O)C(Nc1ccccc1C(=O)c1ccccc1)c1cn(C)c2ccccc12. The minimum atomic E-state index is -0.657. The molecule has 0 saturated carbocycles. The van der Waals surface area contributed by atoms with Gasteiger partial charge in [-0.3, -0.25) is 9.59 Å². The molecule has 1 heterocycles. The smallest absolute Gasteiger partial charge is 0.247 e. The van der Waals surface area contributed by atoms with Crippen LogP contribution in [0.15, 0.2) is 85.1 Å². The molecule has 2 N–H and O–H groups in total. The Hall–Kier alpha value is -3.86. The van der Waals surface area contributed by atoms with E-state index in [9.17, 15) is 9.59 Å². The van der Waals surface area contributed by atoms with Crippen LogP contribution < -0.4 is 10.6 Å². The molecule has 0 saturated heterocycles. The van der Waals surface area contributed by atoms with Crippen molar-refractivity contribution in [2.24, 2.45) is 7.05 Å². The van der Waals surface area contributed by atoms with Crippen LogP contribution in [0, 0.1) is 0 Å². The topological polar surface area (TPSA) is 63.1 Å². The maximum atomic E-state index is 13.6. The highest BCUT2D eigenvalue weighted by Gasteiger charge is 2.27. The molecule has 0 fully saturated rings. The number of fused-ring (bicyclic) bond motifs is 1. The number of nitrogens with zero attached hydrogens (tertiary/aromatic N) is 1. The van der Waals surface area contributed by atoms with Crippen molar-refractivity contribution in [1.82, 2.24) is 9.88 Å². The molecule has 0 bridgehead atoms. The molecule has 4 aromatic rings. The summed E-state index contributed by atoms with van der Waals surface area (Å²) >= 11 is 0. The Kier molecular flexibility index (Phi) is 7.12. The van der Waals surface area contributed by atoms with E-state index in [4.69, 9.17) is 0 Å². The number of aryl methyl sites for hydroxylation is 1. The normalized spacial score (nSPS) is 12.8. The zero-order valence-electron chi connectivity index (χ0n) is 19.9. The Labute approximate surface area is 200 Å². The fraction of sp³-hybridized carbons (Fsp3) is 0.241. The van der Waals surface area contributed by atoms with Crippen LogP contribution in [0.4, 0.5) is 5.69 Å². The number of hydrogen-bond acceptors (Lipinski definition) is 3. The zero-order valence-corrected chi connectivity index (χ0v) is 19.9. The van der Waals surface area contributed by atoms with Crippen molar-refractivity contribution in [3.05, 3.63) is 102 Å². The molecule has 0 radical (unpaired) electrons. The molecule has 0 aliphatic heterocycles. The van der Waals surface area contributed by atoms with E-state index in [1.165, 1.54) is 0 Å². The van der Waals surface area contributed by atoms with Gasteiger partial charge in [-0.05, 0) is 31.5 Å². The van der Waals surface area contributed by atoms with Crippen molar-refractivity contribution in [3.8, 4) is 0 Å². The van der Waals surface area contributed by atoms with Crippen molar-refractivity contribution in [1.29, 1.82) is 0 Å². The number of para-hydroxylation sites is 2. The minimum absolute atomic E-state index is 0.0537. The largest absolute Gasteiger partial charge is 0.369 e. The van der Waals surface area contributed by atoms with E-state index < -0.39 is 6.04 Å². The number of hydrogen-bond donors (Lipinski definition) is 2. The van der Waals surface area contributed by atoms with Crippen molar-refractivity contribution in [2.75, 3.05) is 5.32 Å². The lowest BCUT2D eigenvalue weighted by molar-refractivity contribution is -0.122. The minimum Gasteiger partial charge on any atom is -0.369 e. The van der Waals surface area contributed by atoms with E-state index in [1.807, 2.05) is 85.4 Å². The van der Waals surface area contributed by atoms with Crippen molar-refractivity contribution in [2.45, 2.75) is 38.8 Å². The fourth-order valence-corrected chi connectivity index (χ4v) is 4.43. The summed E-state index contributed by atoms with van der Waals surface area (Å²) in [6, 6.07) is 24.0. The number of rotatable bonds is 9. The van der Waals surface area contributed by atoms with E-state index in [2.05, 4.69) is 17.6 Å². The molecular weight excluding hydrogens is 422 g/mol. The van der Waals surface area contributed by atoms with Gasteiger partial charge >= 0.3 is 0 Å². The van der Waals surface area contributed by atoms with Gasteiger partial charge in [0.1, 0.15) is 6.04 Å². The number of benzene rings is 3. The molecule has 0 aliphatic carbocycles. The van der Waals surface area contributed by atoms with Gasteiger partial charge in [-0.1, -0.05) is 74.0 Å². The molecule has 174 valence electrons. The third-order valence-electron chi connectivity index (χ3n) is 6.12. The molecule has 2 unspecified atom stereocenters. The third kappa shape index (κ3) is 4.88. The van der Waals surface area contributed by atoms with Crippen LogP contribution in [0.5, 0.6) is 0 Å². The molecule has 1 aromatic heterocycles. The van der Waals surface area contributed by atoms with E-state index in [1.54, 1.807) is 18.2 Å². The molecule has 0 aliphatic rings. The highest BCUT2D eigenvalue weighted by atomic mass is 16.2. The Balaban J connectivity index is 1.75. The predicted octanol–water partition coefficient (Wildman–Crippen LogP) is 5.87. The number of nitrogens with one attached hydrogen (secondary N) is 2. The first-order chi connectivity index (χ1) is 16.5. The summed E-state index contributed by atoms with van der Waals surface area (Å²) in [4.78, 5) is 26.9. The second-order valence-electron chi connectivity index (χ2n) is 8.73. The molecule has 34 heavy (non-hydrogen) atoms. The van der Waals surface area contributed by atoms with Gasteiger partial charge in [0.2, 0.25) is 5.91 Å². The summed E-state index contributed by atoms with van der Waals surface area (Å²) in [5.74, 6) is -0.195. The Morgan fingerprint density at radius 2 is 1.59 bits per heavy atom. The highest BCUT2D eigenvalue weighted by Crippen LogP contribution is 2.31. The average molecular weight is 454 g/mol. The fourth-order valence-electron chi connectivity index (χ4n) is 4.43. The lowest BCUT2D eigenvalue weighted by Crippen LogP contribution is -2.39. The second-order valence-corrected chi connectivity index (χ2v) is 8.73. The second kappa shape index (κ2) is 10.4. The Bertz CT molecular complexity index is 1290. The highest BCUT2D eigenvalue weighted by molar-refractivity contribution is 6.12. The molecule has 1 amide bonds. The molecule has 4 rings (SSSR count). The van der Waals surface area contributed by atoms with Crippen molar-refractivity contribution in [3.63, 3.8) is 0 Å². The summed E-state index contributed by atoms with van der Waals surface area (Å²) in [5.41, 5.74) is 3.70. The van der Waals surface area contributed by atoms with Gasteiger partial charge in [-0.25, -0.2) is 0 Å². The van der Waals surface area contributed by atoms with Gasteiger partial charge in [0.15, 0.2) is 5.78 Å². The zero-order chi connectivity index (χ0) is 24.1. The molecule has 5 heteroatoms.